The monoisotopic (exact) mass is 378 g/mol. The molecule has 2 aromatic heterocycles. The Balaban J connectivity index is 1.89. The minimum atomic E-state index is -0.514. The fourth-order valence-corrected chi connectivity index (χ4v) is 3.83. The first-order valence-electron chi connectivity index (χ1n) is 7.40. The summed E-state index contributed by atoms with van der Waals surface area (Å²) in [6.45, 7) is 3.42. The Hall–Kier alpha value is -2.38. The van der Waals surface area contributed by atoms with Crippen LogP contribution in [0.3, 0.4) is 0 Å². The fourth-order valence-electron chi connectivity index (χ4n) is 2.51. The van der Waals surface area contributed by atoms with Crippen molar-refractivity contribution in [3.05, 3.63) is 55.4 Å². The van der Waals surface area contributed by atoms with E-state index in [0.717, 1.165) is 11.3 Å². The lowest BCUT2D eigenvalue weighted by Gasteiger charge is -2.09. The van der Waals surface area contributed by atoms with Crippen LogP contribution in [0.15, 0.2) is 23.0 Å². The van der Waals surface area contributed by atoms with E-state index in [1.807, 2.05) is 0 Å². The number of methoxy groups -OCH3 is 1. The number of halogens is 1. The lowest BCUT2D eigenvalue weighted by molar-refractivity contribution is 0.0475. The third-order valence-electron chi connectivity index (χ3n) is 3.71. The molecule has 0 aliphatic heterocycles. The molecule has 3 aromatic rings. The number of aromatic amines is 1. The molecule has 1 aromatic carbocycles. The van der Waals surface area contributed by atoms with Gasteiger partial charge in [-0.2, -0.15) is 0 Å². The van der Waals surface area contributed by atoms with E-state index in [1.54, 1.807) is 32.0 Å². The molecule has 130 valence electrons. The molecule has 25 heavy (non-hydrogen) atoms. The van der Waals surface area contributed by atoms with Crippen molar-refractivity contribution in [1.29, 1.82) is 0 Å². The average molecular weight is 379 g/mol. The van der Waals surface area contributed by atoms with E-state index in [-0.39, 0.29) is 12.2 Å². The van der Waals surface area contributed by atoms with E-state index in [0.29, 0.717) is 42.8 Å². The van der Waals surface area contributed by atoms with Crippen LogP contribution in [0.5, 0.6) is 5.75 Å². The number of hydrogen-bond donors (Lipinski definition) is 1. The zero-order valence-electron chi connectivity index (χ0n) is 13.8. The van der Waals surface area contributed by atoms with E-state index < -0.39 is 5.97 Å². The van der Waals surface area contributed by atoms with Crippen LogP contribution in [0.1, 0.15) is 26.6 Å². The molecule has 2 heterocycles. The van der Waals surface area contributed by atoms with Gasteiger partial charge in [0.25, 0.3) is 5.56 Å². The summed E-state index contributed by atoms with van der Waals surface area (Å²) in [5, 5.41) is 0.944. The van der Waals surface area contributed by atoms with Gasteiger partial charge in [0.2, 0.25) is 0 Å². The summed E-state index contributed by atoms with van der Waals surface area (Å²) in [5.74, 6) is 0.570. The van der Waals surface area contributed by atoms with Gasteiger partial charge in [0.1, 0.15) is 27.9 Å². The van der Waals surface area contributed by atoms with Crippen molar-refractivity contribution in [2.45, 2.75) is 20.5 Å². The molecule has 0 bridgehead atoms. The van der Waals surface area contributed by atoms with E-state index in [2.05, 4.69) is 9.97 Å². The van der Waals surface area contributed by atoms with Crippen molar-refractivity contribution in [3.8, 4) is 5.75 Å². The largest absolute Gasteiger partial charge is 0.496 e. The number of aryl methyl sites for hydroxylation is 2. The predicted octanol–water partition coefficient (Wildman–Crippen LogP) is 3.62. The number of rotatable bonds is 4. The third-order valence-corrected chi connectivity index (χ3v) is 5.11. The first kappa shape index (κ1) is 17.4. The van der Waals surface area contributed by atoms with Crippen molar-refractivity contribution in [3.63, 3.8) is 0 Å². The smallest absolute Gasteiger partial charge is 0.349 e. The van der Waals surface area contributed by atoms with Gasteiger partial charge in [-0.1, -0.05) is 11.6 Å². The molecule has 1 N–H and O–H groups in total. The number of benzene rings is 1. The molecule has 0 aliphatic carbocycles. The normalized spacial score (nSPS) is 10.9. The highest BCUT2D eigenvalue weighted by atomic mass is 35.5. The van der Waals surface area contributed by atoms with Crippen molar-refractivity contribution in [2.75, 3.05) is 7.11 Å². The highest BCUT2D eigenvalue weighted by Gasteiger charge is 2.20. The average Bonchev–Trinajstić information content (AvgIpc) is 2.89. The number of carbonyl (C=O) groups excluding carboxylic acids is 1. The highest BCUT2D eigenvalue weighted by Crippen LogP contribution is 2.29. The first-order chi connectivity index (χ1) is 11.9. The number of H-pyrrole nitrogens is 1. The number of thiophene rings is 1. The van der Waals surface area contributed by atoms with Gasteiger partial charge in [0.15, 0.2) is 0 Å². The number of fused-ring (bicyclic) bond motifs is 1. The summed E-state index contributed by atoms with van der Waals surface area (Å²) in [4.78, 5) is 32.3. The van der Waals surface area contributed by atoms with Gasteiger partial charge < -0.3 is 14.5 Å². The zero-order chi connectivity index (χ0) is 18.1. The lowest BCUT2D eigenvalue weighted by atomic mass is 10.2. The van der Waals surface area contributed by atoms with Crippen LogP contribution in [-0.4, -0.2) is 23.0 Å². The molecule has 0 spiro atoms. The quantitative estimate of drug-likeness (QED) is 0.701. The Bertz CT molecular complexity index is 1030. The summed E-state index contributed by atoms with van der Waals surface area (Å²) in [5.41, 5.74) is 0.970. The molecule has 0 unspecified atom stereocenters. The number of aromatic nitrogens is 2. The van der Waals surface area contributed by atoms with Gasteiger partial charge in [0.05, 0.1) is 12.5 Å². The van der Waals surface area contributed by atoms with Gasteiger partial charge in [0, 0.05) is 10.6 Å². The third kappa shape index (κ3) is 3.38. The Morgan fingerprint density at radius 2 is 2.12 bits per heavy atom. The second-order valence-electron chi connectivity index (χ2n) is 5.42. The van der Waals surface area contributed by atoms with Crippen molar-refractivity contribution in [1.82, 2.24) is 9.97 Å². The van der Waals surface area contributed by atoms with Crippen LogP contribution in [-0.2, 0) is 11.3 Å². The summed E-state index contributed by atoms with van der Waals surface area (Å²) >= 11 is 7.12. The Morgan fingerprint density at radius 3 is 2.84 bits per heavy atom. The summed E-state index contributed by atoms with van der Waals surface area (Å²) in [7, 11) is 1.53. The number of nitrogens with one attached hydrogen (secondary N) is 1. The zero-order valence-corrected chi connectivity index (χ0v) is 15.4. The number of hydrogen-bond acceptors (Lipinski definition) is 6. The van der Waals surface area contributed by atoms with Crippen LogP contribution < -0.4 is 10.3 Å². The number of carbonyl (C=O) groups is 1. The minimum absolute atomic E-state index is 0.0130. The molecule has 0 atom stereocenters. The molecule has 6 nitrogen and oxygen atoms in total. The van der Waals surface area contributed by atoms with Crippen LogP contribution in [0.2, 0.25) is 5.02 Å². The fraction of sp³-hybridized carbons (Fsp3) is 0.235. The van der Waals surface area contributed by atoms with Crippen LogP contribution in [0.4, 0.5) is 0 Å². The molecule has 0 saturated carbocycles. The number of ether oxygens (including phenoxy) is 2. The van der Waals surface area contributed by atoms with E-state index in [1.165, 1.54) is 7.11 Å². The van der Waals surface area contributed by atoms with Gasteiger partial charge in [-0.25, -0.2) is 9.78 Å². The van der Waals surface area contributed by atoms with E-state index in [9.17, 15) is 9.59 Å². The van der Waals surface area contributed by atoms with Crippen molar-refractivity contribution < 1.29 is 14.3 Å². The number of esters is 1. The summed E-state index contributed by atoms with van der Waals surface area (Å²) in [6, 6.07) is 5.09. The standard InChI is InChI=1S/C17H15ClN2O4S/c1-8-13-15(21)19-9(2)20-16(13)25-14(8)17(22)24-7-10-6-11(18)4-5-12(10)23-3/h4-6H,7H2,1-3H3,(H,19,20,21). The van der Waals surface area contributed by atoms with Gasteiger partial charge in [-0.15, -0.1) is 11.3 Å². The van der Waals surface area contributed by atoms with Crippen molar-refractivity contribution >= 4 is 39.1 Å². The molecule has 8 heteroatoms. The first-order valence-corrected chi connectivity index (χ1v) is 8.59. The molecule has 0 aliphatic rings. The Labute approximate surface area is 152 Å². The summed E-state index contributed by atoms with van der Waals surface area (Å²) < 4.78 is 10.6. The minimum Gasteiger partial charge on any atom is -0.496 e. The maximum atomic E-state index is 12.5. The summed E-state index contributed by atoms with van der Waals surface area (Å²) in [6.07, 6.45) is 0. The second kappa shape index (κ2) is 6.85. The molecular formula is C17H15ClN2O4S. The molecule has 0 fully saturated rings. The molecule has 3 rings (SSSR count). The molecule has 0 saturated heterocycles. The lowest BCUT2D eigenvalue weighted by Crippen LogP contribution is -2.10. The maximum absolute atomic E-state index is 12.5. The predicted molar refractivity (Wildman–Crippen MR) is 96.8 cm³/mol. The molecular weight excluding hydrogens is 364 g/mol. The Morgan fingerprint density at radius 1 is 1.36 bits per heavy atom. The van der Waals surface area contributed by atoms with E-state index >= 15 is 0 Å². The van der Waals surface area contributed by atoms with Crippen LogP contribution in [0.25, 0.3) is 10.2 Å². The van der Waals surface area contributed by atoms with Crippen LogP contribution in [0, 0.1) is 13.8 Å². The second-order valence-corrected chi connectivity index (χ2v) is 6.86. The van der Waals surface area contributed by atoms with E-state index in [4.69, 9.17) is 21.1 Å². The Kier molecular flexibility index (Phi) is 4.78. The topological polar surface area (TPSA) is 81.3 Å². The van der Waals surface area contributed by atoms with Crippen molar-refractivity contribution in [2.24, 2.45) is 0 Å². The molecule has 0 amide bonds. The van der Waals surface area contributed by atoms with Gasteiger partial charge >= 0.3 is 5.97 Å². The van der Waals surface area contributed by atoms with Gasteiger partial charge in [-0.05, 0) is 37.6 Å². The SMILES string of the molecule is COc1ccc(Cl)cc1COC(=O)c1sc2nc(C)[nH]c(=O)c2c1C. The number of nitrogens with zero attached hydrogens (tertiary/aromatic N) is 1. The highest BCUT2D eigenvalue weighted by molar-refractivity contribution is 7.20. The maximum Gasteiger partial charge on any atom is 0.349 e. The van der Waals surface area contributed by atoms with Gasteiger partial charge in [-0.3, -0.25) is 4.79 Å². The van der Waals surface area contributed by atoms with Crippen LogP contribution >= 0.6 is 22.9 Å². The molecule has 0 radical (unpaired) electrons.